The second-order valence-electron chi connectivity index (χ2n) is 7.94. The molecule has 8 nitrogen and oxygen atoms in total. The average molecular weight is 401 g/mol. The standard InChI is InChI=1S/C19H24N6O2S/c1-13-8-19-20-12-22-24(19)11-16(13)15-5-7-25(14(2)9-15)28(26,27)18-10-21-23-6-3-4-17(18)23/h8,10-12,14-15H,3-7,9H2,1-2H3. The minimum absolute atomic E-state index is 0.0634. The third-order valence-electron chi connectivity index (χ3n) is 6.20. The van der Waals surface area contributed by atoms with Crippen LogP contribution in [0.2, 0.25) is 0 Å². The topological polar surface area (TPSA) is 85.4 Å². The molecule has 0 bridgehead atoms. The Bertz CT molecular complexity index is 1150. The maximum atomic E-state index is 13.3. The first-order chi connectivity index (χ1) is 13.4. The molecular formula is C19H24N6O2S. The van der Waals surface area contributed by atoms with Crippen molar-refractivity contribution in [2.75, 3.05) is 6.54 Å². The molecule has 0 aliphatic carbocycles. The third kappa shape index (κ3) is 2.68. The molecule has 148 valence electrons. The molecule has 2 aliphatic heterocycles. The van der Waals surface area contributed by atoms with Gasteiger partial charge in [0.05, 0.1) is 11.9 Å². The predicted octanol–water partition coefficient (Wildman–Crippen LogP) is 2.14. The van der Waals surface area contributed by atoms with Crippen molar-refractivity contribution in [3.05, 3.63) is 41.6 Å². The van der Waals surface area contributed by atoms with E-state index in [4.69, 9.17) is 0 Å². The molecule has 5 rings (SSSR count). The van der Waals surface area contributed by atoms with Crippen LogP contribution in [0.4, 0.5) is 0 Å². The van der Waals surface area contributed by atoms with Gasteiger partial charge in [0.2, 0.25) is 10.0 Å². The van der Waals surface area contributed by atoms with E-state index in [0.717, 1.165) is 43.6 Å². The Hall–Kier alpha value is -2.26. The molecule has 28 heavy (non-hydrogen) atoms. The number of aromatic nitrogens is 5. The largest absolute Gasteiger partial charge is 0.268 e. The van der Waals surface area contributed by atoms with Crippen LogP contribution in [0.1, 0.15) is 48.9 Å². The van der Waals surface area contributed by atoms with Gasteiger partial charge in [0, 0.05) is 25.3 Å². The minimum atomic E-state index is -3.51. The van der Waals surface area contributed by atoms with Crippen molar-refractivity contribution >= 4 is 15.7 Å². The van der Waals surface area contributed by atoms with E-state index in [1.807, 2.05) is 23.9 Å². The van der Waals surface area contributed by atoms with Gasteiger partial charge in [-0.05, 0) is 62.6 Å². The second kappa shape index (κ2) is 6.38. The Morgan fingerprint density at radius 1 is 1.21 bits per heavy atom. The van der Waals surface area contributed by atoms with Gasteiger partial charge >= 0.3 is 0 Å². The van der Waals surface area contributed by atoms with Gasteiger partial charge in [-0.2, -0.15) is 14.5 Å². The van der Waals surface area contributed by atoms with Crippen LogP contribution in [0.15, 0.2) is 29.7 Å². The van der Waals surface area contributed by atoms with Gasteiger partial charge in [-0.1, -0.05) is 0 Å². The number of hydrogen-bond acceptors (Lipinski definition) is 5. The lowest BCUT2D eigenvalue weighted by Gasteiger charge is -2.37. The summed E-state index contributed by atoms with van der Waals surface area (Å²) in [5.41, 5.74) is 4.11. The second-order valence-corrected chi connectivity index (χ2v) is 9.80. The highest BCUT2D eigenvalue weighted by Gasteiger charge is 2.38. The molecule has 0 amide bonds. The first-order valence-corrected chi connectivity index (χ1v) is 11.3. The normalized spacial score (nSPS) is 23.4. The van der Waals surface area contributed by atoms with E-state index in [1.165, 1.54) is 17.3 Å². The summed E-state index contributed by atoms with van der Waals surface area (Å²) in [6.45, 7) is 5.44. The van der Waals surface area contributed by atoms with Crippen LogP contribution in [0.5, 0.6) is 0 Å². The lowest BCUT2D eigenvalue weighted by molar-refractivity contribution is 0.245. The van der Waals surface area contributed by atoms with E-state index in [2.05, 4.69) is 22.1 Å². The third-order valence-corrected chi connectivity index (χ3v) is 8.26. The summed E-state index contributed by atoms with van der Waals surface area (Å²) in [5, 5.41) is 8.52. The number of piperidine rings is 1. The van der Waals surface area contributed by atoms with Crippen molar-refractivity contribution in [3.63, 3.8) is 0 Å². The number of fused-ring (bicyclic) bond motifs is 2. The van der Waals surface area contributed by atoms with Crippen LogP contribution in [0.25, 0.3) is 5.65 Å². The molecule has 2 unspecified atom stereocenters. The van der Waals surface area contributed by atoms with E-state index in [1.54, 1.807) is 15.1 Å². The zero-order chi connectivity index (χ0) is 19.5. The Kier molecular flexibility index (Phi) is 4.06. The number of hydrogen-bond donors (Lipinski definition) is 0. The first-order valence-electron chi connectivity index (χ1n) is 9.81. The van der Waals surface area contributed by atoms with Crippen LogP contribution in [-0.2, 0) is 23.0 Å². The summed E-state index contributed by atoms with van der Waals surface area (Å²) in [7, 11) is -3.51. The van der Waals surface area contributed by atoms with Gasteiger partial charge in [-0.3, -0.25) is 4.68 Å². The summed E-state index contributed by atoms with van der Waals surface area (Å²) in [6.07, 6.45) is 8.48. The van der Waals surface area contributed by atoms with Crippen molar-refractivity contribution in [1.82, 2.24) is 28.7 Å². The highest BCUT2D eigenvalue weighted by Crippen LogP contribution is 2.37. The number of aryl methyl sites for hydroxylation is 2. The average Bonchev–Trinajstić information content (AvgIpc) is 3.36. The fraction of sp³-hybridized carbons (Fsp3) is 0.526. The number of sulfonamides is 1. The highest BCUT2D eigenvalue weighted by molar-refractivity contribution is 7.89. The van der Waals surface area contributed by atoms with E-state index in [-0.39, 0.29) is 6.04 Å². The molecule has 1 fully saturated rings. The van der Waals surface area contributed by atoms with Crippen LogP contribution in [-0.4, -0.2) is 49.7 Å². The van der Waals surface area contributed by atoms with E-state index in [9.17, 15) is 8.42 Å². The van der Waals surface area contributed by atoms with E-state index < -0.39 is 10.0 Å². The van der Waals surface area contributed by atoms with Gasteiger partial charge in [0.25, 0.3) is 0 Å². The lowest BCUT2D eigenvalue weighted by atomic mass is 9.86. The zero-order valence-electron chi connectivity index (χ0n) is 16.1. The van der Waals surface area contributed by atoms with Gasteiger partial charge in [-0.15, -0.1) is 0 Å². The maximum absolute atomic E-state index is 13.3. The van der Waals surface area contributed by atoms with Gasteiger partial charge in [0.1, 0.15) is 11.2 Å². The number of nitrogens with zero attached hydrogens (tertiary/aromatic N) is 6. The fourth-order valence-electron chi connectivity index (χ4n) is 4.77. The Labute approximate surface area is 164 Å². The number of pyridine rings is 1. The minimum Gasteiger partial charge on any atom is -0.268 e. The van der Waals surface area contributed by atoms with Crippen LogP contribution < -0.4 is 0 Å². The Balaban J connectivity index is 1.41. The SMILES string of the molecule is Cc1cc2ncnn2cc1C1CCN(S(=O)(=O)c2cnn3c2CCC3)C(C)C1. The molecule has 2 aliphatic rings. The van der Waals surface area contributed by atoms with Crippen molar-refractivity contribution in [1.29, 1.82) is 0 Å². The highest BCUT2D eigenvalue weighted by atomic mass is 32.2. The fourth-order valence-corrected chi connectivity index (χ4v) is 6.61. The molecular weight excluding hydrogens is 376 g/mol. The molecule has 0 radical (unpaired) electrons. The summed E-state index contributed by atoms with van der Waals surface area (Å²) in [6, 6.07) is 1.98. The first kappa shape index (κ1) is 17.8. The molecule has 1 saturated heterocycles. The lowest BCUT2D eigenvalue weighted by Crippen LogP contribution is -2.44. The molecule has 0 N–H and O–H groups in total. The summed E-state index contributed by atoms with van der Waals surface area (Å²) < 4.78 is 31.9. The molecule has 5 heterocycles. The van der Waals surface area contributed by atoms with Crippen molar-refractivity contribution in [3.8, 4) is 0 Å². The monoisotopic (exact) mass is 400 g/mol. The van der Waals surface area contributed by atoms with Gasteiger partial charge < -0.3 is 0 Å². The van der Waals surface area contributed by atoms with E-state index in [0.29, 0.717) is 17.4 Å². The smallest absolute Gasteiger partial charge is 0.246 e. The molecule has 3 aromatic heterocycles. The Morgan fingerprint density at radius 3 is 2.89 bits per heavy atom. The van der Waals surface area contributed by atoms with Gasteiger partial charge in [0.15, 0.2) is 5.65 Å². The van der Waals surface area contributed by atoms with Crippen LogP contribution >= 0.6 is 0 Å². The predicted molar refractivity (Wildman–Crippen MR) is 104 cm³/mol. The van der Waals surface area contributed by atoms with E-state index >= 15 is 0 Å². The van der Waals surface area contributed by atoms with Gasteiger partial charge in [-0.25, -0.2) is 17.9 Å². The molecule has 3 aromatic rings. The van der Waals surface area contributed by atoms with Crippen molar-refractivity contribution in [2.24, 2.45) is 0 Å². The number of rotatable bonds is 3. The Morgan fingerprint density at radius 2 is 2.07 bits per heavy atom. The summed E-state index contributed by atoms with van der Waals surface area (Å²) in [5.74, 6) is 0.313. The molecule has 9 heteroatoms. The molecule has 2 atom stereocenters. The molecule has 0 saturated carbocycles. The summed E-state index contributed by atoms with van der Waals surface area (Å²) >= 11 is 0. The van der Waals surface area contributed by atoms with Crippen LogP contribution in [0.3, 0.4) is 0 Å². The maximum Gasteiger partial charge on any atom is 0.246 e. The van der Waals surface area contributed by atoms with Crippen molar-refractivity contribution < 1.29 is 8.42 Å². The van der Waals surface area contributed by atoms with Crippen LogP contribution in [0, 0.1) is 6.92 Å². The molecule has 0 spiro atoms. The van der Waals surface area contributed by atoms with Crippen molar-refractivity contribution in [2.45, 2.75) is 62.9 Å². The summed E-state index contributed by atoms with van der Waals surface area (Å²) in [4.78, 5) is 4.64. The zero-order valence-corrected chi connectivity index (χ0v) is 16.9. The molecule has 0 aromatic carbocycles. The quantitative estimate of drug-likeness (QED) is 0.672.